The first-order valence-electron chi connectivity index (χ1n) is 14.5. The molecule has 0 aliphatic carbocycles. The summed E-state index contributed by atoms with van der Waals surface area (Å²) in [4.78, 5) is 39.6. The summed E-state index contributed by atoms with van der Waals surface area (Å²) in [5.74, 6) is -1.38. The lowest BCUT2D eigenvalue weighted by molar-refractivity contribution is -0.128. The van der Waals surface area contributed by atoms with Crippen LogP contribution in [-0.2, 0) is 4.79 Å². The highest BCUT2D eigenvalue weighted by Crippen LogP contribution is 2.39. The van der Waals surface area contributed by atoms with Gasteiger partial charge in [0.1, 0.15) is 17.4 Å². The van der Waals surface area contributed by atoms with E-state index in [4.69, 9.17) is 22.0 Å². The zero-order valence-corrected chi connectivity index (χ0v) is 26.8. The third-order valence-corrected chi connectivity index (χ3v) is 8.19. The molecule has 0 bridgehead atoms. The first-order valence-corrected chi connectivity index (χ1v) is 14.9. The molecule has 1 aliphatic rings. The highest BCUT2D eigenvalue weighted by molar-refractivity contribution is 6.34. The van der Waals surface area contributed by atoms with Crippen molar-refractivity contribution in [2.24, 2.45) is 11.8 Å². The van der Waals surface area contributed by atoms with Gasteiger partial charge in [-0.1, -0.05) is 51.9 Å². The van der Waals surface area contributed by atoms with Gasteiger partial charge in [-0.15, -0.1) is 0 Å². The Morgan fingerprint density at radius 1 is 1.18 bits per heavy atom. The van der Waals surface area contributed by atoms with E-state index in [-0.39, 0.29) is 68.9 Å². The van der Waals surface area contributed by atoms with E-state index in [9.17, 15) is 14.7 Å². The highest BCUT2D eigenvalue weighted by atomic mass is 35.5. The van der Waals surface area contributed by atoms with Crippen LogP contribution in [0.1, 0.15) is 41.5 Å². The predicted molar refractivity (Wildman–Crippen MR) is 174 cm³/mol. The number of fused-ring (bicyclic) bond motifs is 1. The third kappa shape index (κ3) is 5.80. The molecule has 1 aromatic carbocycles. The normalized spacial score (nSPS) is 17.7. The highest BCUT2D eigenvalue weighted by Gasteiger charge is 2.34. The fourth-order valence-electron chi connectivity index (χ4n) is 5.63. The second kappa shape index (κ2) is 12.8. The fraction of sp³-hybridized carbons (Fsp3) is 0.406. The standard InChI is InChI=1S/C32H39ClFN7O3/c1-9-24(43)39-14-19(7)40(15-18(39)6)30-20-13-21(33)28(25-22(34)11-10-12-23(25)42)37-31(20)41(32(44)38-30)29(26(35)16(2)3)27(36-8)17(4)5/h9-13,16-19,35-36,42H,1,14-15H2,2-8H3/b29-27+,35-26?/t18-,19+/m1/s1. The van der Waals surface area contributed by atoms with Gasteiger partial charge in [0.05, 0.1) is 33.1 Å². The van der Waals surface area contributed by atoms with Crippen molar-refractivity contribution in [3.63, 3.8) is 0 Å². The average molecular weight is 624 g/mol. The van der Waals surface area contributed by atoms with Crippen molar-refractivity contribution >= 4 is 45.8 Å². The first-order chi connectivity index (χ1) is 20.7. The quantitative estimate of drug-likeness (QED) is 0.230. The van der Waals surface area contributed by atoms with Crippen LogP contribution < -0.4 is 15.9 Å². The molecule has 4 rings (SSSR count). The number of amides is 1. The number of phenolic OH excluding ortho intramolecular Hbond substituents is 1. The van der Waals surface area contributed by atoms with Crippen molar-refractivity contribution in [3.8, 4) is 17.0 Å². The van der Waals surface area contributed by atoms with Crippen molar-refractivity contribution < 1.29 is 14.3 Å². The number of hydrogen-bond acceptors (Lipinski definition) is 8. The van der Waals surface area contributed by atoms with Crippen LogP contribution in [0.3, 0.4) is 0 Å². The summed E-state index contributed by atoms with van der Waals surface area (Å²) in [5, 5.41) is 23.3. The number of aromatic nitrogens is 3. The second-order valence-corrected chi connectivity index (χ2v) is 12.1. The van der Waals surface area contributed by atoms with Gasteiger partial charge in [-0.25, -0.2) is 18.7 Å². The number of aromatic hydroxyl groups is 1. The zero-order valence-electron chi connectivity index (χ0n) is 26.1. The molecule has 12 heteroatoms. The van der Waals surface area contributed by atoms with Crippen LogP contribution in [0.4, 0.5) is 10.2 Å². The van der Waals surface area contributed by atoms with E-state index in [1.54, 1.807) is 18.0 Å². The summed E-state index contributed by atoms with van der Waals surface area (Å²) < 4.78 is 16.4. The lowest BCUT2D eigenvalue weighted by atomic mass is 9.98. The number of piperazine rings is 1. The minimum atomic E-state index is -0.740. The molecule has 0 unspecified atom stereocenters. The van der Waals surface area contributed by atoms with Crippen molar-refractivity contribution in [1.82, 2.24) is 24.8 Å². The van der Waals surface area contributed by atoms with Gasteiger partial charge in [-0.05, 0) is 50.0 Å². The summed E-state index contributed by atoms with van der Waals surface area (Å²) in [5.41, 5.74) is 0.211. The van der Waals surface area contributed by atoms with E-state index in [0.717, 1.165) is 0 Å². The molecule has 1 aliphatic heterocycles. The van der Waals surface area contributed by atoms with E-state index in [2.05, 4.69) is 16.9 Å². The summed E-state index contributed by atoms with van der Waals surface area (Å²) >= 11 is 6.76. The number of carbonyl (C=O) groups is 1. The molecule has 10 nitrogen and oxygen atoms in total. The van der Waals surface area contributed by atoms with Gasteiger partial charge >= 0.3 is 5.69 Å². The number of phenols is 1. The van der Waals surface area contributed by atoms with Crippen LogP contribution in [0.5, 0.6) is 5.75 Å². The lowest BCUT2D eigenvalue weighted by Crippen LogP contribution is -2.58. The topological polar surface area (TPSA) is 127 Å². The second-order valence-electron chi connectivity index (χ2n) is 11.7. The molecule has 234 valence electrons. The Labute approximate surface area is 261 Å². The molecule has 1 amide bonds. The van der Waals surface area contributed by atoms with Gasteiger partial charge in [0.15, 0.2) is 5.65 Å². The van der Waals surface area contributed by atoms with Crippen LogP contribution in [0.25, 0.3) is 28.0 Å². The minimum absolute atomic E-state index is 0.0366. The fourth-order valence-corrected chi connectivity index (χ4v) is 5.88. The summed E-state index contributed by atoms with van der Waals surface area (Å²) in [6.07, 6.45) is 1.28. The molecule has 2 aromatic heterocycles. The Morgan fingerprint density at radius 2 is 1.86 bits per heavy atom. The number of hydrogen-bond donors (Lipinski definition) is 3. The molecule has 1 fully saturated rings. The number of carbonyl (C=O) groups excluding carboxylic acids is 1. The summed E-state index contributed by atoms with van der Waals surface area (Å²) in [6, 6.07) is 4.97. The van der Waals surface area contributed by atoms with Crippen molar-refractivity contribution in [2.45, 2.75) is 53.6 Å². The van der Waals surface area contributed by atoms with Crippen LogP contribution in [0.15, 0.2) is 47.4 Å². The van der Waals surface area contributed by atoms with Gasteiger partial charge in [-0.3, -0.25) is 4.79 Å². The first kappa shape index (κ1) is 32.7. The molecule has 3 N–H and O–H groups in total. The van der Waals surface area contributed by atoms with Gasteiger partial charge in [-0.2, -0.15) is 4.98 Å². The van der Waals surface area contributed by atoms with E-state index in [0.29, 0.717) is 30.0 Å². The Morgan fingerprint density at radius 3 is 2.43 bits per heavy atom. The van der Waals surface area contributed by atoms with Crippen LogP contribution >= 0.6 is 11.6 Å². The maximum Gasteiger partial charge on any atom is 0.355 e. The zero-order chi connectivity index (χ0) is 32.6. The molecule has 0 saturated carbocycles. The number of pyridine rings is 1. The number of nitrogens with one attached hydrogen (secondary N) is 2. The lowest BCUT2D eigenvalue weighted by Gasteiger charge is -2.44. The maximum absolute atomic E-state index is 15.1. The molecular weight excluding hydrogens is 585 g/mol. The molecule has 0 radical (unpaired) electrons. The summed E-state index contributed by atoms with van der Waals surface area (Å²) in [6.45, 7) is 15.7. The SMILES string of the molecule is C=CC(=O)N1C[C@H](C)N(c2nc(=O)n(/C(C(=N)C(C)C)=C(/NC)C(C)C)c3nc(-c4c(O)cccc4F)c(Cl)cc23)C[C@H]1C. The maximum atomic E-state index is 15.1. The molecule has 3 aromatic rings. The number of nitrogens with zero attached hydrogens (tertiary/aromatic N) is 5. The van der Waals surface area contributed by atoms with Crippen molar-refractivity contribution in [3.05, 3.63) is 63.9 Å². The van der Waals surface area contributed by atoms with Crippen molar-refractivity contribution in [2.75, 3.05) is 25.0 Å². The van der Waals surface area contributed by atoms with Gasteiger partial charge in [0, 0.05) is 37.9 Å². The summed E-state index contributed by atoms with van der Waals surface area (Å²) in [7, 11) is 1.72. The average Bonchev–Trinajstić information content (AvgIpc) is 2.96. The number of anilines is 1. The predicted octanol–water partition coefficient (Wildman–Crippen LogP) is 5.29. The molecule has 3 heterocycles. The van der Waals surface area contributed by atoms with E-state index in [1.807, 2.05) is 46.4 Å². The van der Waals surface area contributed by atoms with Gasteiger partial charge in [0.2, 0.25) is 5.91 Å². The monoisotopic (exact) mass is 623 g/mol. The Hall–Kier alpha value is -4.25. The number of rotatable bonds is 8. The Kier molecular flexibility index (Phi) is 9.48. The largest absolute Gasteiger partial charge is 0.507 e. The van der Waals surface area contributed by atoms with E-state index < -0.39 is 11.5 Å². The molecule has 44 heavy (non-hydrogen) atoms. The van der Waals surface area contributed by atoms with E-state index in [1.165, 1.54) is 28.8 Å². The van der Waals surface area contributed by atoms with Crippen LogP contribution in [0, 0.1) is 23.1 Å². The van der Waals surface area contributed by atoms with Gasteiger partial charge < -0.3 is 25.6 Å². The molecule has 1 saturated heterocycles. The third-order valence-electron chi connectivity index (χ3n) is 7.90. The molecule has 0 spiro atoms. The minimum Gasteiger partial charge on any atom is -0.507 e. The number of benzene rings is 1. The molecule has 2 atom stereocenters. The number of halogens is 2. The van der Waals surface area contributed by atoms with Gasteiger partial charge in [0.25, 0.3) is 0 Å². The van der Waals surface area contributed by atoms with E-state index >= 15 is 4.39 Å². The molecular formula is C32H39ClFN7O3. The number of allylic oxidation sites excluding steroid dienone is 2. The van der Waals surface area contributed by atoms with Crippen molar-refractivity contribution in [1.29, 1.82) is 5.41 Å². The smallest absolute Gasteiger partial charge is 0.355 e. The van der Waals surface area contributed by atoms with Crippen LogP contribution in [0.2, 0.25) is 5.02 Å². The van der Waals surface area contributed by atoms with Crippen LogP contribution in [-0.4, -0.2) is 68.4 Å². The Balaban J connectivity index is 2.14. The Bertz CT molecular complexity index is 1710.